The van der Waals surface area contributed by atoms with Crippen molar-refractivity contribution in [1.82, 2.24) is 29.4 Å². The molecule has 1 unspecified atom stereocenters. The van der Waals surface area contributed by atoms with Gasteiger partial charge in [-0.1, -0.05) is 26.7 Å². The van der Waals surface area contributed by atoms with Crippen LogP contribution in [-0.2, 0) is 0 Å². The normalized spacial score (nSPS) is 24.4. The van der Waals surface area contributed by atoms with Gasteiger partial charge in [-0.05, 0) is 142 Å². The van der Waals surface area contributed by atoms with Crippen LogP contribution in [0.5, 0.6) is 0 Å². The third-order valence-corrected chi connectivity index (χ3v) is 10.3. The molecule has 0 aromatic rings. The monoisotopic (exact) mass is 736 g/mol. The van der Waals surface area contributed by atoms with Crippen LogP contribution in [0.4, 0.5) is 0 Å². The SMILES string of the molecule is CC.CC(C)(C)N1CCCC1.CC(C)(C)N1CCN2CCCCC2C1.CC(C)N1CCC[N-]CC1.CN1CCN(C(C)(C)C)CC1.[Rb+]. The Labute approximate surface area is 345 Å². The molecule has 0 radical (unpaired) electrons. The van der Waals surface area contributed by atoms with Gasteiger partial charge in [-0.25, -0.2) is 0 Å². The fraction of sp³-hybridized carbons (Fsp3) is 1.00. The molecule has 47 heavy (non-hydrogen) atoms. The van der Waals surface area contributed by atoms with E-state index >= 15 is 0 Å². The largest absolute Gasteiger partial charge is 1.00 e. The van der Waals surface area contributed by atoms with Gasteiger partial charge in [0, 0.05) is 74.5 Å². The van der Waals surface area contributed by atoms with E-state index in [0.717, 1.165) is 25.7 Å². The summed E-state index contributed by atoms with van der Waals surface area (Å²) in [5.74, 6) is 0. The van der Waals surface area contributed by atoms with Crippen molar-refractivity contribution >= 4 is 0 Å². The van der Waals surface area contributed by atoms with Crippen molar-refractivity contribution in [2.24, 2.45) is 0 Å². The first-order valence-corrected chi connectivity index (χ1v) is 19.5. The smallest absolute Gasteiger partial charge is 0.661 e. The molecule has 5 rings (SSSR count). The van der Waals surface area contributed by atoms with Crippen molar-refractivity contribution in [3.63, 3.8) is 0 Å². The first kappa shape index (κ1) is 48.5. The van der Waals surface area contributed by atoms with E-state index in [0.29, 0.717) is 22.7 Å². The van der Waals surface area contributed by atoms with Gasteiger partial charge >= 0.3 is 58.2 Å². The van der Waals surface area contributed by atoms with Crippen LogP contribution in [0.2, 0.25) is 0 Å². The van der Waals surface area contributed by atoms with Crippen LogP contribution in [0, 0.1) is 0 Å². The Kier molecular flexibility index (Phi) is 25.5. The van der Waals surface area contributed by atoms with Crippen LogP contribution >= 0.6 is 0 Å². The Morgan fingerprint density at radius 1 is 0.532 bits per heavy atom. The van der Waals surface area contributed by atoms with E-state index in [4.69, 9.17) is 0 Å². The molecule has 276 valence electrons. The van der Waals surface area contributed by atoms with Gasteiger partial charge in [0.1, 0.15) is 0 Å². The third-order valence-electron chi connectivity index (χ3n) is 10.3. The third kappa shape index (κ3) is 20.4. The summed E-state index contributed by atoms with van der Waals surface area (Å²) in [6.45, 7) is 46.5. The number of piperazine rings is 2. The summed E-state index contributed by atoms with van der Waals surface area (Å²) >= 11 is 0. The van der Waals surface area contributed by atoms with Crippen molar-refractivity contribution in [2.75, 3.05) is 98.7 Å². The van der Waals surface area contributed by atoms with Crippen LogP contribution in [0.15, 0.2) is 0 Å². The van der Waals surface area contributed by atoms with Gasteiger partial charge in [0.25, 0.3) is 0 Å². The van der Waals surface area contributed by atoms with Gasteiger partial charge in [0.2, 0.25) is 0 Å². The molecule has 0 amide bonds. The van der Waals surface area contributed by atoms with E-state index in [-0.39, 0.29) is 58.2 Å². The standard InChI is InChI=1S/C12H24N2.C9H20N2.C8H17N2.C8H17N.C2H6.Rb/c1-12(2,3)14-9-8-13-7-5-4-6-11(13)10-14;1-9(2,3)11-7-5-10(4)6-8-11;1-8(2)10-6-3-4-9-5-7-10;1-8(2,3)9-6-4-5-7-9;1-2;/h11H,4-10H2,1-3H3;5-8H2,1-4H3;8H,3-7H2,1-2H3;4-7H2,1-3H3;1-2H3;/q;;-1;;;+1. The molecule has 5 aliphatic rings. The van der Waals surface area contributed by atoms with E-state index < -0.39 is 0 Å². The molecule has 0 aromatic heterocycles. The molecule has 1 atom stereocenters. The summed E-state index contributed by atoms with van der Waals surface area (Å²) < 4.78 is 0. The average Bonchev–Trinajstić information content (AvgIpc) is 3.42. The molecule has 0 saturated carbocycles. The van der Waals surface area contributed by atoms with Gasteiger partial charge in [0.05, 0.1) is 0 Å². The Bertz CT molecular complexity index is 736. The first-order valence-electron chi connectivity index (χ1n) is 19.5. The molecule has 8 heteroatoms. The number of hydrogen-bond acceptors (Lipinski definition) is 6. The zero-order chi connectivity index (χ0) is 35.0. The number of rotatable bonds is 1. The molecular weight excluding hydrogens is 652 g/mol. The molecule has 0 spiro atoms. The first-order chi connectivity index (χ1) is 21.5. The summed E-state index contributed by atoms with van der Waals surface area (Å²) in [6, 6.07) is 1.56. The molecular formula is C39H84N7Rb. The van der Waals surface area contributed by atoms with Crippen molar-refractivity contribution in [3.8, 4) is 0 Å². The molecule has 5 aliphatic heterocycles. The minimum Gasteiger partial charge on any atom is -0.661 e. The number of hydrogen-bond donors (Lipinski definition) is 0. The summed E-state index contributed by atoms with van der Waals surface area (Å²) in [5.41, 5.74) is 1.14. The van der Waals surface area contributed by atoms with Crippen LogP contribution in [0.25, 0.3) is 5.32 Å². The maximum Gasteiger partial charge on any atom is 1.00 e. The Hall–Kier alpha value is 1.53. The number of nitrogens with zero attached hydrogens (tertiary/aromatic N) is 7. The maximum absolute atomic E-state index is 4.36. The number of piperidine rings is 1. The zero-order valence-electron chi connectivity index (χ0n) is 34.9. The number of likely N-dealkylation sites (N-methyl/N-ethyl adjacent to an activating group) is 1. The number of fused-ring (bicyclic) bond motifs is 1. The second-order valence-electron chi connectivity index (χ2n) is 17.3. The topological polar surface area (TPSA) is 33.5 Å². The van der Waals surface area contributed by atoms with Crippen molar-refractivity contribution in [1.29, 1.82) is 0 Å². The van der Waals surface area contributed by atoms with Crippen molar-refractivity contribution < 1.29 is 58.2 Å². The Morgan fingerprint density at radius 3 is 1.51 bits per heavy atom. The molecule has 0 aliphatic carbocycles. The quantitative estimate of drug-likeness (QED) is 0.398. The average molecular weight is 737 g/mol. The van der Waals surface area contributed by atoms with E-state index in [9.17, 15) is 0 Å². The zero-order valence-corrected chi connectivity index (χ0v) is 39.8. The minimum atomic E-state index is 0. The van der Waals surface area contributed by atoms with Gasteiger partial charge in [-0.15, -0.1) is 13.1 Å². The summed E-state index contributed by atoms with van der Waals surface area (Å²) in [4.78, 5) is 15.3. The van der Waals surface area contributed by atoms with Crippen LogP contribution in [-0.4, -0.2) is 157 Å². The van der Waals surface area contributed by atoms with Crippen molar-refractivity contribution in [2.45, 2.75) is 157 Å². The molecule has 7 nitrogen and oxygen atoms in total. The van der Waals surface area contributed by atoms with Gasteiger partial charge < -0.3 is 15.1 Å². The second-order valence-corrected chi connectivity index (χ2v) is 17.3. The van der Waals surface area contributed by atoms with E-state index in [1.807, 2.05) is 13.8 Å². The fourth-order valence-corrected chi connectivity index (χ4v) is 6.96. The molecule has 5 fully saturated rings. The molecule has 0 N–H and O–H groups in total. The van der Waals surface area contributed by atoms with Gasteiger partial charge in [-0.2, -0.15) is 0 Å². The van der Waals surface area contributed by atoms with Crippen LogP contribution < -0.4 is 58.2 Å². The molecule has 5 saturated heterocycles. The van der Waals surface area contributed by atoms with Crippen LogP contribution in [0.3, 0.4) is 0 Å². The second kappa shape index (κ2) is 24.7. The van der Waals surface area contributed by atoms with E-state index in [1.54, 1.807) is 0 Å². The Morgan fingerprint density at radius 2 is 1.02 bits per heavy atom. The molecule has 5 heterocycles. The summed E-state index contributed by atoms with van der Waals surface area (Å²) in [7, 11) is 2.19. The predicted molar refractivity (Wildman–Crippen MR) is 206 cm³/mol. The summed E-state index contributed by atoms with van der Waals surface area (Å²) in [5, 5.41) is 4.36. The number of likely N-dealkylation sites (tertiary alicyclic amines) is 1. The van der Waals surface area contributed by atoms with E-state index in [2.05, 4.69) is 118 Å². The Balaban J connectivity index is 0.000000593. The molecule has 0 bridgehead atoms. The minimum absolute atomic E-state index is 0. The van der Waals surface area contributed by atoms with Gasteiger partial charge in [-0.3, -0.25) is 19.6 Å². The van der Waals surface area contributed by atoms with Crippen LogP contribution in [0.1, 0.15) is 129 Å². The van der Waals surface area contributed by atoms with Crippen molar-refractivity contribution in [3.05, 3.63) is 5.32 Å². The van der Waals surface area contributed by atoms with Gasteiger partial charge in [0.15, 0.2) is 0 Å². The molecule has 0 aromatic carbocycles. The predicted octanol–water partition coefficient (Wildman–Crippen LogP) is 4.37. The maximum atomic E-state index is 4.36. The summed E-state index contributed by atoms with van der Waals surface area (Å²) in [6.07, 6.45) is 8.34. The fourth-order valence-electron chi connectivity index (χ4n) is 6.96. The van der Waals surface area contributed by atoms with E-state index in [1.165, 1.54) is 111 Å².